The number of hydrogen-bond donors (Lipinski definition) is 1. The summed E-state index contributed by atoms with van der Waals surface area (Å²) in [6, 6.07) is 9.51. The largest absolute Gasteiger partial charge is 0.323 e. The first-order valence-electron chi connectivity index (χ1n) is 6.09. The van der Waals surface area contributed by atoms with Crippen LogP contribution in [0.25, 0.3) is 0 Å². The lowest BCUT2D eigenvalue weighted by Gasteiger charge is -2.06. The molecule has 0 unspecified atom stereocenters. The van der Waals surface area contributed by atoms with Gasteiger partial charge in [0.25, 0.3) is 0 Å². The average molecular weight is 285 g/mol. The van der Waals surface area contributed by atoms with E-state index in [0.717, 1.165) is 22.1 Å². The SMILES string of the molecule is C=CC(=O)Nc1cccc(Cc2nccc(SC)n2)c1. The Labute approximate surface area is 122 Å². The van der Waals surface area contributed by atoms with Gasteiger partial charge in [0.2, 0.25) is 5.91 Å². The van der Waals surface area contributed by atoms with E-state index in [1.165, 1.54) is 6.08 Å². The van der Waals surface area contributed by atoms with Crippen molar-refractivity contribution in [2.75, 3.05) is 11.6 Å². The first-order chi connectivity index (χ1) is 9.71. The van der Waals surface area contributed by atoms with E-state index >= 15 is 0 Å². The highest BCUT2D eigenvalue weighted by Gasteiger charge is 2.03. The number of thioether (sulfide) groups is 1. The molecule has 1 heterocycles. The Morgan fingerprint density at radius 2 is 2.30 bits per heavy atom. The minimum Gasteiger partial charge on any atom is -0.323 e. The Bertz CT molecular complexity index is 628. The third kappa shape index (κ3) is 3.93. The Kier molecular flexibility index (Phi) is 4.90. The van der Waals surface area contributed by atoms with Crippen LogP contribution in [-0.2, 0) is 11.2 Å². The quantitative estimate of drug-likeness (QED) is 0.521. The third-order valence-corrected chi connectivity index (χ3v) is 3.28. The highest BCUT2D eigenvalue weighted by molar-refractivity contribution is 7.98. The molecule has 0 aliphatic rings. The van der Waals surface area contributed by atoms with Gasteiger partial charge < -0.3 is 5.32 Å². The number of amides is 1. The van der Waals surface area contributed by atoms with Crippen LogP contribution in [-0.4, -0.2) is 22.1 Å². The maximum Gasteiger partial charge on any atom is 0.247 e. The summed E-state index contributed by atoms with van der Waals surface area (Å²) in [7, 11) is 0. The zero-order valence-electron chi connectivity index (χ0n) is 11.2. The number of benzene rings is 1. The molecule has 0 saturated carbocycles. The molecule has 1 amide bonds. The molecule has 0 spiro atoms. The van der Waals surface area contributed by atoms with Crippen LogP contribution in [0.2, 0.25) is 0 Å². The van der Waals surface area contributed by atoms with Gasteiger partial charge in [0.1, 0.15) is 5.82 Å². The zero-order chi connectivity index (χ0) is 14.4. The monoisotopic (exact) mass is 285 g/mol. The molecule has 102 valence electrons. The molecular weight excluding hydrogens is 270 g/mol. The lowest BCUT2D eigenvalue weighted by atomic mass is 10.1. The van der Waals surface area contributed by atoms with Crippen LogP contribution in [0.4, 0.5) is 5.69 Å². The van der Waals surface area contributed by atoms with Crippen molar-refractivity contribution >= 4 is 23.4 Å². The highest BCUT2D eigenvalue weighted by atomic mass is 32.2. The summed E-state index contributed by atoms with van der Waals surface area (Å²) < 4.78 is 0. The van der Waals surface area contributed by atoms with Gasteiger partial charge >= 0.3 is 0 Å². The molecule has 4 nitrogen and oxygen atoms in total. The van der Waals surface area contributed by atoms with Gasteiger partial charge in [0, 0.05) is 18.3 Å². The Hall–Kier alpha value is -2.14. The number of rotatable bonds is 5. The Morgan fingerprint density at radius 3 is 3.05 bits per heavy atom. The van der Waals surface area contributed by atoms with Crippen LogP contribution < -0.4 is 5.32 Å². The van der Waals surface area contributed by atoms with Crippen molar-refractivity contribution in [3.63, 3.8) is 0 Å². The molecule has 0 fully saturated rings. The van der Waals surface area contributed by atoms with Gasteiger partial charge in [-0.3, -0.25) is 4.79 Å². The van der Waals surface area contributed by atoms with Crippen LogP contribution in [0.1, 0.15) is 11.4 Å². The van der Waals surface area contributed by atoms with E-state index in [-0.39, 0.29) is 5.91 Å². The number of hydrogen-bond acceptors (Lipinski definition) is 4. The molecule has 5 heteroatoms. The van der Waals surface area contributed by atoms with Crippen LogP contribution >= 0.6 is 11.8 Å². The van der Waals surface area contributed by atoms with Crippen molar-refractivity contribution in [1.82, 2.24) is 9.97 Å². The van der Waals surface area contributed by atoms with Gasteiger partial charge in [-0.05, 0) is 36.1 Å². The molecule has 1 N–H and O–H groups in total. The van der Waals surface area contributed by atoms with Gasteiger partial charge in [0.05, 0.1) is 5.03 Å². The second-order valence-corrected chi connectivity index (χ2v) is 4.91. The van der Waals surface area contributed by atoms with Crippen LogP contribution in [0.3, 0.4) is 0 Å². The molecule has 0 radical (unpaired) electrons. The topological polar surface area (TPSA) is 54.9 Å². The van der Waals surface area contributed by atoms with Crippen molar-refractivity contribution in [2.45, 2.75) is 11.4 Å². The number of carbonyl (C=O) groups excluding carboxylic acids is 1. The summed E-state index contributed by atoms with van der Waals surface area (Å²) in [4.78, 5) is 20.0. The Balaban J connectivity index is 2.14. The molecule has 2 aromatic rings. The highest BCUT2D eigenvalue weighted by Crippen LogP contribution is 2.15. The molecule has 0 aliphatic heterocycles. The van der Waals surface area contributed by atoms with Gasteiger partial charge in [-0.2, -0.15) is 0 Å². The molecule has 2 rings (SSSR count). The minimum absolute atomic E-state index is 0.220. The smallest absolute Gasteiger partial charge is 0.247 e. The molecule has 0 atom stereocenters. The fourth-order valence-corrected chi connectivity index (χ4v) is 2.11. The molecule has 1 aromatic heterocycles. The maximum absolute atomic E-state index is 11.3. The van der Waals surface area contributed by atoms with Crippen LogP contribution in [0, 0.1) is 0 Å². The number of nitrogens with one attached hydrogen (secondary N) is 1. The van der Waals surface area contributed by atoms with Crippen LogP contribution in [0.5, 0.6) is 0 Å². The lowest BCUT2D eigenvalue weighted by molar-refractivity contribution is -0.111. The predicted octanol–water partition coefficient (Wildman–Crippen LogP) is 2.91. The molecule has 0 aliphatic carbocycles. The van der Waals surface area contributed by atoms with E-state index < -0.39 is 0 Å². The van der Waals surface area contributed by atoms with E-state index in [1.807, 2.05) is 36.6 Å². The van der Waals surface area contributed by atoms with Crippen molar-refractivity contribution in [3.8, 4) is 0 Å². The molecular formula is C15H15N3OS. The number of nitrogens with zero attached hydrogens (tertiary/aromatic N) is 2. The first-order valence-corrected chi connectivity index (χ1v) is 7.32. The van der Waals surface area contributed by atoms with Gasteiger partial charge in [-0.25, -0.2) is 9.97 Å². The van der Waals surface area contributed by atoms with Gasteiger partial charge in [-0.1, -0.05) is 18.7 Å². The van der Waals surface area contributed by atoms with Gasteiger partial charge in [0.15, 0.2) is 0 Å². The molecule has 1 aromatic carbocycles. The summed E-state index contributed by atoms with van der Waals surface area (Å²) in [6.45, 7) is 3.43. The standard InChI is InChI=1S/C15H15N3OS/c1-3-14(19)17-12-6-4-5-11(9-12)10-13-16-8-7-15(18-13)20-2/h3-9H,1,10H2,2H3,(H,17,19). The normalized spacial score (nSPS) is 10.1. The summed E-state index contributed by atoms with van der Waals surface area (Å²) >= 11 is 1.59. The second kappa shape index (κ2) is 6.86. The fraction of sp³-hybridized carbons (Fsp3) is 0.133. The third-order valence-electron chi connectivity index (χ3n) is 2.63. The predicted molar refractivity (Wildman–Crippen MR) is 81.9 cm³/mol. The van der Waals surface area contributed by atoms with Crippen molar-refractivity contribution < 1.29 is 4.79 Å². The van der Waals surface area contributed by atoms with E-state index in [4.69, 9.17) is 0 Å². The van der Waals surface area contributed by atoms with Gasteiger partial charge in [-0.15, -0.1) is 11.8 Å². The molecule has 0 saturated heterocycles. The Morgan fingerprint density at radius 1 is 1.45 bits per heavy atom. The lowest BCUT2D eigenvalue weighted by Crippen LogP contribution is -2.07. The van der Waals surface area contributed by atoms with E-state index in [0.29, 0.717) is 6.42 Å². The zero-order valence-corrected chi connectivity index (χ0v) is 12.0. The number of carbonyl (C=O) groups is 1. The molecule has 0 bridgehead atoms. The average Bonchev–Trinajstić information content (AvgIpc) is 2.47. The first kappa shape index (κ1) is 14.3. The van der Waals surface area contributed by atoms with E-state index in [2.05, 4.69) is 21.9 Å². The van der Waals surface area contributed by atoms with E-state index in [1.54, 1.807) is 18.0 Å². The van der Waals surface area contributed by atoms with Crippen LogP contribution in [0.15, 0.2) is 54.2 Å². The number of aromatic nitrogens is 2. The second-order valence-electron chi connectivity index (χ2n) is 4.09. The molecule has 20 heavy (non-hydrogen) atoms. The van der Waals surface area contributed by atoms with Crippen molar-refractivity contribution in [2.24, 2.45) is 0 Å². The summed E-state index contributed by atoms with van der Waals surface area (Å²) in [5.41, 5.74) is 1.79. The summed E-state index contributed by atoms with van der Waals surface area (Å²) in [5, 5.41) is 3.69. The summed E-state index contributed by atoms with van der Waals surface area (Å²) in [5.74, 6) is 0.548. The number of anilines is 1. The van der Waals surface area contributed by atoms with Crippen molar-refractivity contribution in [1.29, 1.82) is 0 Å². The van der Waals surface area contributed by atoms with E-state index in [9.17, 15) is 4.79 Å². The van der Waals surface area contributed by atoms with Crippen molar-refractivity contribution in [3.05, 3.63) is 60.6 Å². The maximum atomic E-state index is 11.3. The fourth-order valence-electron chi connectivity index (χ4n) is 1.71. The summed E-state index contributed by atoms with van der Waals surface area (Å²) in [6.07, 6.45) is 5.62. The minimum atomic E-state index is -0.220.